The van der Waals surface area contributed by atoms with Crippen LogP contribution in [0.25, 0.3) is 0 Å². The molecular formula is C15H20BrF3N2O. The van der Waals surface area contributed by atoms with Crippen molar-refractivity contribution in [2.24, 2.45) is 5.92 Å². The monoisotopic (exact) mass is 380 g/mol. The fourth-order valence-corrected chi connectivity index (χ4v) is 3.25. The Balaban J connectivity index is 1.90. The van der Waals surface area contributed by atoms with Crippen LogP contribution in [-0.2, 0) is 6.54 Å². The van der Waals surface area contributed by atoms with E-state index in [4.69, 9.17) is 0 Å². The van der Waals surface area contributed by atoms with Gasteiger partial charge in [0.2, 0.25) is 0 Å². The molecule has 0 saturated carbocycles. The first-order chi connectivity index (χ1) is 10.4. The van der Waals surface area contributed by atoms with Crippen LogP contribution in [0.15, 0.2) is 22.7 Å². The molecule has 3 nitrogen and oxygen atoms in total. The normalized spacial score (nSPS) is 17.7. The van der Waals surface area contributed by atoms with Gasteiger partial charge in [0.1, 0.15) is 5.75 Å². The van der Waals surface area contributed by atoms with Crippen molar-refractivity contribution < 1.29 is 17.9 Å². The van der Waals surface area contributed by atoms with Crippen LogP contribution < -0.4 is 10.1 Å². The van der Waals surface area contributed by atoms with Gasteiger partial charge >= 0.3 is 6.36 Å². The molecule has 1 aromatic rings. The maximum atomic E-state index is 12.2. The van der Waals surface area contributed by atoms with E-state index in [0.29, 0.717) is 4.47 Å². The second-order valence-electron chi connectivity index (χ2n) is 5.59. The van der Waals surface area contributed by atoms with Gasteiger partial charge in [0.25, 0.3) is 0 Å². The minimum atomic E-state index is -4.67. The number of rotatable bonds is 5. The van der Waals surface area contributed by atoms with Gasteiger partial charge in [-0.05, 0) is 79.1 Å². The number of halogens is 4. The predicted octanol–water partition coefficient (Wildman–Crippen LogP) is 3.78. The molecule has 0 aliphatic carbocycles. The Bertz CT molecular complexity index is 488. The van der Waals surface area contributed by atoms with Crippen LogP contribution in [0.5, 0.6) is 5.75 Å². The number of alkyl halides is 3. The standard InChI is InChI=1S/C15H20BrF3N2O/c1-20-9-11-4-6-21(7-5-11)10-12-2-3-14(13(16)8-12)22-15(17,18)19/h2-3,8,11,20H,4-7,9-10H2,1H3. The largest absolute Gasteiger partial charge is 0.573 e. The van der Waals surface area contributed by atoms with E-state index < -0.39 is 6.36 Å². The van der Waals surface area contributed by atoms with Crippen molar-refractivity contribution in [1.82, 2.24) is 10.2 Å². The lowest BCUT2D eigenvalue weighted by Crippen LogP contribution is -2.36. The quantitative estimate of drug-likeness (QED) is 0.840. The molecular weight excluding hydrogens is 361 g/mol. The molecule has 1 saturated heterocycles. The fourth-order valence-electron chi connectivity index (χ4n) is 2.75. The summed E-state index contributed by atoms with van der Waals surface area (Å²) >= 11 is 3.14. The number of nitrogens with one attached hydrogen (secondary N) is 1. The smallest absolute Gasteiger partial charge is 0.405 e. The summed E-state index contributed by atoms with van der Waals surface area (Å²) < 4.78 is 41.0. The minimum Gasteiger partial charge on any atom is -0.405 e. The van der Waals surface area contributed by atoms with Gasteiger partial charge in [0.05, 0.1) is 4.47 Å². The predicted molar refractivity (Wildman–Crippen MR) is 82.8 cm³/mol. The Hall–Kier alpha value is -0.790. The summed E-state index contributed by atoms with van der Waals surface area (Å²) in [7, 11) is 1.97. The van der Waals surface area contributed by atoms with Gasteiger partial charge in [0.15, 0.2) is 0 Å². The summed E-state index contributed by atoms with van der Waals surface area (Å²) in [6.07, 6.45) is -2.37. The van der Waals surface area contributed by atoms with Gasteiger partial charge in [-0.2, -0.15) is 0 Å². The molecule has 0 bridgehead atoms. The molecule has 0 radical (unpaired) electrons. The first-order valence-electron chi connectivity index (χ1n) is 7.28. The molecule has 0 spiro atoms. The Morgan fingerprint density at radius 3 is 2.55 bits per heavy atom. The van der Waals surface area contributed by atoms with Crippen molar-refractivity contribution in [1.29, 1.82) is 0 Å². The average Bonchev–Trinajstić information content (AvgIpc) is 2.43. The highest BCUT2D eigenvalue weighted by Gasteiger charge is 2.32. The number of nitrogens with zero attached hydrogens (tertiary/aromatic N) is 1. The summed E-state index contributed by atoms with van der Waals surface area (Å²) in [5.74, 6) is 0.513. The van der Waals surface area contributed by atoms with E-state index in [1.807, 2.05) is 7.05 Å². The lowest BCUT2D eigenvalue weighted by molar-refractivity contribution is -0.274. The van der Waals surface area contributed by atoms with Crippen LogP contribution in [0.1, 0.15) is 18.4 Å². The van der Waals surface area contributed by atoms with E-state index in [9.17, 15) is 13.2 Å². The van der Waals surface area contributed by atoms with Crippen molar-refractivity contribution in [3.05, 3.63) is 28.2 Å². The highest BCUT2D eigenvalue weighted by Crippen LogP contribution is 2.31. The van der Waals surface area contributed by atoms with Crippen LogP contribution in [0.2, 0.25) is 0 Å². The number of hydrogen-bond acceptors (Lipinski definition) is 3. The maximum Gasteiger partial charge on any atom is 0.573 e. The summed E-state index contributed by atoms with van der Waals surface area (Å²) in [6.45, 7) is 3.83. The van der Waals surface area contributed by atoms with Crippen molar-refractivity contribution >= 4 is 15.9 Å². The minimum absolute atomic E-state index is 0.205. The zero-order valence-corrected chi connectivity index (χ0v) is 14.0. The molecule has 0 atom stereocenters. The number of likely N-dealkylation sites (tertiary alicyclic amines) is 1. The Morgan fingerprint density at radius 2 is 2.00 bits per heavy atom. The first kappa shape index (κ1) is 17.6. The summed E-state index contributed by atoms with van der Waals surface area (Å²) in [4.78, 5) is 2.33. The van der Waals surface area contributed by atoms with Gasteiger partial charge < -0.3 is 10.1 Å². The number of piperidine rings is 1. The third kappa shape index (κ3) is 5.44. The van der Waals surface area contributed by atoms with Gasteiger partial charge in [-0.1, -0.05) is 6.07 Å². The molecule has 1 heterocycles. The molecule has 22 heavy (non-hydrogen) atoms. The SMILES string of the molecule is CNCC1CCN(Cc2ccc(OC(F)(F)F)c(Br)c2)CC1. The van der Waals surface area contributed by atoms with E-state index in [2.05, 4.69) is 30.9 Å². The molecule has 1 aliphatic heterocycles. The van der Waals surface area contributed by atoms with E-state index in [0.717, 1.165) is 50.5 Å². The number of benzene rings is 1. The first-order valence-corrected chi connectivity index (χ1v) is 8.08. The maximum absolute atomic E-state index is 12.2. The average molecular weight is 381 g/mol. The van der Waals surface area contributed by atoms with Gasteiger partial charge in [0, 0.05) is 6.54 Å². The van der Waals surface area contributed by atoms with Crippen LogP contribution in [0.4, 0.5) is 13.2 Å². The summed E-state index contributed by atoms with van der Waals surface area (Å²) in [5.41, 5.74) is 0.980. The van der Waals surface area contributed by atoms with E-state index >= 15 is 0 Å². The molecule has 0 aromatic heterocycles. The molecule has 1 fully saturated rings. The summed E-state index contributed by atoms with van der Waals surface area (Å²) in [5, 5.41) is 3.20. The van der Waals surface area contributed by atoms with Gasteiger partial charge in [-0.15, -0.1) is 13.2 Å². The topological polar surface area (TPSA) is 24.5 Å². The van der Waals surface area contributed by atoms with Crippen molar-refractivity contribution in [2.45, 2.75) is 25.7 Å². The zero-order valence-electron chi connectivity index (χ0n) is 12.4. The number of hydrogen-bond donors (Lipinski definition) is 1. The van der Waals surface area contributed by atoms with Crippen molar-refractivity contribution in [2.75, 3.05) is 26.7 Å². The molecule has 2 rings (SSSR count). The van der Waals surface area contributed by atoms with Crippen LogP contribution in [-0.4, -0.2) is 37.9 Å². The Morgan fingerprint density at radius 1 is 1.32 bits per heavy atom. The van der Waals surface area contributed by atoms with Crippen molar-refractivity contribution in [3.8, 4) is 5.75 Å². The van der Waals surface area contributed by atoms with E-state index in [1.165, 1.54) is 6.07 Å². The third-order valence-electron chi connectivity index (χ3n) is 3.83. The molecule has 7 heteroatoms. The zero-order chi connectivity index (χ0) is 16.2. The third-order valence-corrected chi connectivity index (χ3v) is 4.45. The molecule has 124 valence electrons. The van der Waals surface area contributed by atoms with E-state index in [-0.39, 0.29) is 5.75 Å². The van der Waals surface area contributed by atoms with E-state index in [1.54, 1.807) is 12.1 Å². The van der Waals surface area contributed by atoms with Crippen LogP contribution >= 0.6 is 15.9 Å². The van der Waals surface area contributed by atoms with Crippen LogP contribution in [0, 0.1) is 5.92 Å². The molecule has 1 aromatic carbocycles. The lowest BCUT2D eigenvalue weighted by Gasteiger charge is -2.32. The Labute approximate surface area is 136 Å². The molecule has 1 aliphatic rings. The molecule has 1 N–H and O–H groups in total. The van der Waals surface area contributed by atoms with Crippen LogP contribution in [0.3, 0.4) is 0 Å². The van der Waals surface area contributed by atoms with Crippen molar-refractivity contribution in [3.63, 3.8) is 0 Å². The number of ether oxygens (including phenoxy) is 1. The molecule has 0 unspecified atom stereocenters. The second kappa shape index (κ2) is 7.66. The second-order valence-corrected chi connectivity index (χ2v) is 6.44. The molecule has 0 amide bonds. The highest BCUT2D eigenvalue weighted by molar-refractivity contribution is 9.10. The highest BCUT2D eigenvalue weighted by atomic mass is 79.9. The lowest BCUT2D eigenvalue weighted by atomic mass is 9.96. The Kier molecular flexibility index (Phi) is 6.11. The summed E-state index contributed by atoms with van der Waals surface area (Å²) in [6, 6.07) is 4.74. The van der Waals surface area contributed by atoms with Gasteiger partial charge in [-0.3, -0.25) is 4.90 Å². The fraction of sp³-hybridized carbons (Fsp3) is 0.600. The van der Waals surface area contributed by atoms with Gasteiger partial charge in [-0.25, -0.2) is 0 Å².